The normalized spacial score (nSPS) is 12.4. The van der Waals surface area contributed by atoms with Crippen molar-refractivity contribution in [1.82, 2.24) is 4.98 Å². The van der Waals surface area contributed by atoms with E-state index in [9.17, 15) is 0 Å². The molecule has 0 amide bonds. The Bertz CT molecular complexity index is 2040. The highest BCUT2D eigenvalue weighted by molar-refractivity contribution is 6.07. The molecule has 7 rings (SSSR count). The lowest BCUT2D eigenvalue weighted by molar-refractivity contribution is 1.33. The van der Waals surface area contributed by atoms with Crippen molar-refractivity contribution in [3.8, 4) is 0 Å². The van der Waals surface area contributed by atoms with E-state index in [0.29, 0.717) is 0 Å². The fourth-order valence-electron chi connectivity index (χ4n) is 5.19. The molecule has 180 valence electrons. The molecular formula is C35H25N3. The zero-order valence-corrected chi connectivity index (χ0v) is 21.0. The summed E-state index contributed by atoms with van der Waals surface area (Å²) < 4.78 is 0. The van der Waals surface area contributed by atoms with Crippen molar-refractivity contribution >= 4 is 66.4 Å². The Hall–Kier alpha value is -5.02. The maximum atomic E-state index is 5.01. The van der Waals surface area contributed by atoms with Crippen LogP contribution in [-0.2, 0) is 0 Å². The first-order valence-electron chi connectivity index (χ1n) is 12.8. The first-order chi connectivity index (χ1) is 18.7. The molecule has 7 aromatic rings. The van der Waals surface area contributed by atoms with E-state index in [1.54, 1.807) is 0 Å². The summed E-state index contributed by atoms with van der Waals surface area (Å²) in [7, 11) is 0. The summed E-state index contributed by atoms with van der Waals surface area (Å²) in [6.45, 7) is 2.04. The molecular weight excluding hydrogens is 462 g/mol. The summed E-state index contributed by atoms with van der Waals surface area (Å²) in [5.74, 6) is 0. The number of H-pyrrole nitrogens is 1. The smallest absolute Gasteiger partial charge is 0.0712 e. The molecule has 0 radical (unpaired) electrons. The maximum Gasteiger partial charge on any atom is 0.0712 e. The number of aliphatic imine (C=N–C) groups is 2. The standard InChI is InChI=1S/C35H25N3/c1-23(37-35-15-7-13-29-19-25-9-3-5-11-27(25)21-32(29)35)33-17-16-30(38-33)22-36-34-14-6-12-28-18-24-8-2-4-10-26(24)20-31(28)34/h2-22,38H,1H3. The van der Waals surface area contributed by atoms with Crippen LogP contribution in [0.15, 0.2) is 131 Å². The van der Waals surface area contributed by atoms with Gasteiger partial charge in [0.05, 0.1) is 34.7 Å². The molecule has 3 nitrogen and oxygen atoms in total. The van der Waals surface area contributed by atoms with Crippen LogP contribution in [-0.4, -0.2) is 16.9 Å². The Morgan fingerprint density at radius 3 is 1.71 bits per heavy atom. The highest BCUT2D eigenvalue weighted by atomic mass is 14.8. The summed E-state index contributed by atoms with van der Waals surface area (Å²) in [6.07, 6.45) is 1.89. The van der Waals surface area contributed by atoms with E-state index in [1.807, 2.05) is 13.1 Å². The Kier molecular flexibility index (Phi) is 5.33. The maximum absolute atomic E-state index is 5.01. The van der Waals surface area contributed by atoms with Gasteiger partial charge in [0.25, 0.3) is 0 Å². The number of hydrogen-bond acceptors (Lipinski definition) is 2. The molecule has 0 atom stereocenters. The predicted molar refractivity (Wildman–Crippen MR) is 163 cm³/mol. The van der Waals surface area contributed by atoms with Crippen molar-refractivity contribution in [2.75, 3.05) is 0 Å². The highest BCUT2D eigenvalue weighted by Gasteiger charge is 2.06. The third-order valence-electron chi connectivity index (χ3n) is 7.18. The van der Waals surface area contributed by atoms with E-state index in [2.05, 4.69) is 126 Å². The van der Waals surface area contributed by atoms with Crippen LogP contribution in [0.25, 0.3) is 43.1 Å². The first-order valence-corrected chi connectivity index (χ1v) is 12.8. The van der Waals surface area contributed by atoms with Crippen molar-refractivity contribution in [2.45, 2.75) is 6.92 Å². The van der Waals surface area contributed by atoms with E-state index in [0.717, 1.165) is 39.2 Å². The van der Waals surface area contributed by atoms with Gasteiger partial charge in [-0.2, -0.15) is 0 Å². The van der Waals surface area contributed by atoms with Crippen molar-refractivity contribution in [2.24, 2.45) is 9.98 Å². The highest BCUT2D eigenvalue weighted by Crippen LogP contribution is 2.32. The monoisotopic (exact) mass is 487 g/mol. The molecule has 1 heterocycles. The number of fused-ring (bicyclic) bond motifs is 4. The largest absolute Gasteiger partial charge is 0.353 e. The molecule has 0 aliphatic heterocycles. The second kappa shape index (κ2) is 9.13. The van der Waals surface area contributed by atoms with Crippen LogP contribution in [0, 0.1) is 0 Å². The van der Waals surface area contributed by atoms with Gasteiger partial charge in [-0.25, -0.2) is 0 Å². The van der Waals surface area contributed by atoms with E-state index >= 15 is 0 Å². The van der Waals surface area contributed by atoms with E-state index in [-0.39, 0.29) is 0 Å². The molecule has 0 saturated heterocycles. The molecule has 0 bridgehead atoms. The number of rotatable bonds is 4. The Morgan fingerprint density at radius 1 is 0.553 bits per heavy atom. The molecule has 0 spiro atoms. The summed E-state index contributed by atoms with van der Waals surface area (Å²) in [5.41, 5.74) is 4.78. The minimum Gasteiger partial charge on any atom is -0.353 e. The van der Waals surface area contributed by atoms with E-state index < -0.39 is 0 Å². The molecule has 1 N–H and O–H groups in total. The SMILES string of the molecule is CC(=Nc1cccc2cc3ccccc3cc12)c1ccc(C=Nc2cccc3cc4ccccc4cc23)[nH]1. The van der Waals surface area contributed by atoms with Gasteiger partial charge in [-0.3, -0.25) is 9.98 Å². The lowest BCUT2D eigenvalue weighted by Crippen LogP contribution is -1.95. The minimum atomic E-state index is 0.932. The average molecular weight is 488 g/mol. The van der Waals surface area contributed by atoms with Crippen molar-refractivity contribution in [3.05, 3.63) is 133 Å². The van der Waals surface area contributed by atoms with Gasteiger partial charge < -0.3 is 4.98 Å². The molecule has 38 heavy (non-hydrogen) atoms. The fraction of sp³-hybridized carbons (Fsp3) is 0.0286. The summed E-state index contributed by atoms with van der Waals surface area (Å²) in [5, 5.41) is 9.61. The van der Waals surface area contributed by atoms with Crippen LogP contribution in [0.1, 0.15) is 18.3 Å². The van der Waals surface area contributed by atoms with Gasteiger partial charge in [0.1, 0.15) is 0 Å². The number of nitrogens with one attached hydrogen (secondary N) is 1. The quantitative estimate of drug-likeness (QED) is 0.190. The second-order valence-electron chi connectivity index (χ2n) is 9.68. The fourth-order valence-corrected chi connectivity index (χ4v) is 5.19. The molecule has 6 aromatic carbocycles. The third kappa shape index (κ3) is 4.04. The van der Waals surface area contributed by atoms with Gasteiger partial charge >= 0.3 is 0 Å². The number of aromatic nitrogens is 1. The third-order valence-corrected chi connectivity index (χ3v) is 7.18. The van der Waals surface area contributed by atoms with Crippen molar-refractivity contribution < 1.29 is 0 Å². The number of benzene rings is 6. The predicted octanol–water partition coefficient (Wildman–Crippen LogP) is 9.52. The van der Waals surface area contributed by atoms with Crippen LogP contribution in [0.2, 0.25) is 0 Å². The van der Waals surface area contributed by atoms with Crippen LogP contribution in [0.4, 0.5) is 11.4 Å². The second-order valence-corrected chi connectivity index (χ2v) is 9.68. The Morgan fingerprint density at radius 2 is 1.08 bits per heavy atom. The van der Waals surface area contributed by atoms with Crippen LogP contribution >= 0.6 is 0 Å². The van der Waals surface area contributed by atoms with Crippen LogP contribution in [0.5, 0.6) is 0 Å². The summed E-state index contributed by atoms with van der Waals surface area (Å²) in [6, 6.07) is 42.5. The average Bonchev–Trinajstić information content (AvgIpc) is 3.43. The zero-order chi connectivity index (χ0) is 25.5. The zero-order valence-electron chi connectivity index (χ0n) is 21.0. The lowest BCUT2D eigenvalue weighted by atomic mass is 10.0. The molecule has 0 aliphatic rings. The number of nitrogens with zero attached hydrogens (tertiary/aromatic N) is 2. The van der Waals surface area contributed by atoms with Crippen LogP contribution in [0.3, 0.4) is 0 Å². The molecule has 3 heteroatoms. The molecule has 0 unspecified atom stereocenters. The van der Waals surface area contributed by atoms with Crippen LogP contribution < -0.4 is 0 Å². The van der Waals surface area contributed by atoms with Gasteiger partial charge in [0, 0.05) is 10.8 Å². The molecule has 0 aliphatic carbocycles. The van der Waals surface area contributed by atoms with Gasteiger partial charge in [-0.15, -0.1) is 0 Å². The van der Waals surface area contributed by atoms with Gasteiger partial charge in [0.2, 0.25) is 0 Å². The van der Waals surface area contributed by atoms with E-state index in [1.165, 1.54) is 32.3 Å². The first kappa shape index (κ1) is 22.2. The summed E-state index contributed by atoms with van der Waals surface area (Å²) >= 11 is 0. The number of aromatic amines is 1. The van der Waals surface area contributed by atoms with Crippen molar-refractivity contribution in [3.63, 3.8) is 0 Å². The van der Waals surface area contributed by atoms with Gasteiger partial charge in [-0.05, 0) is 87.8 Å². The van der Waals surface area contributed by atoms with E-state index in [4.69, 9.17) is 9.98 Å². The Labute approximate surface area is 220 Å². The Balaban J connectivity index is 1.21. The topological polar surface area (TPSA) is 40.5 Å². The number of hydrogen-bond donors (Lipinski definition) is 1. The lowest BCUT2D eigenvalue weighted by Gasteiger charge is -2.06. The molecule has 1 aromatic heterocycles. The molecule has 0 fully saturated rings. The minimum absolute atomic E-state index is 0.932. The van der Waals surface area contributed by atoms with Gasteiger partial charge in [0.15, 0.2) is 0 Å². The summed E-state index contributed by atoms with van der Waals surface area (Å²) in [4.78, 5) is 13.3. The molecule has 0 saturated carbocycles. The van der Waals surface area contributed by atoms with Crippen molar-refractivity contribution in [1.29, 1.82) is 0 Å². The van der Waals surface area contributed by atoms with Gasteiger partial charge in [-0.1, -0.05) is 72.8 Å².